The molecule has 0 spiro atoms. The van der Waals surface area contributed by atoms with Crippen LogP contribution >= 0.6 is 23.2 Å². The van der Waals surface area contributed by atoms with E-state index < -0.39 is 0 Å². The van der Waals surface area contributed by atoms with Gasteiger partial charge in [0, 0.05) is 29.9 Å². The van der Waals surface area contributed by atoms with Gasteiger partial charge in [-0.2, -0.15) is 0 Å². The maximum absolute atomic E-state index is 12.1. The summed E-state index contributed by atoms with van der Waals surface area (Å²) in [4.78, 5) is 14.4. The molecule has 0 saturated carbocycles. The van der Waals surface area contributed by atoms with Gasteiger partial charge in [0.25, 0.3) is 0 Å². The molecule has 1 fully saturated rings. The fraction of sp³-hybridized carbons (Fsp3) is 0.286. The Labute approximate surface area is 164 Å². The SMILES string of the molecule is CC1CCN(c2ccc(NC(=O)/C=C/c3ccc(Cl)cc3)cc2Cl)CC1. The number of piperidine rings is 1. The molecule has 0 aromatic heterocycles. The van der Waals surface area contributed by atoms with Crippen LogP contribution in [0.3, 0.4) is 0 Å². The highest BCUT2D eigenvalue weighted by Crippen LogP contribution is 2.31. The summed E-state index contributed by atoms with van der Waals surface area (Å²) in [6, 6.07) is 13.0. The minimum atomic E-state index is -0.199. The first-order valence-electron chi connectivity index (χ1n) is 8.80. The minimum Gasteiger partial charge on any atom is -0.370 e. The zero-order chi connectivity index (χ0) is 18.5. The van der Waals surface area contributed by atoms with E-state index in [1.165, 1.54) is 18.9 Å². The fourth-order valence-electron chi connectivity index (χ4n) is 3.02. The van der Waals surface area contributed by atoms with Crippen LogP contribution in [0.25, 0.3) is 6.08 Å². The van der Waals surface area contributed by atoms with Crippen molar-refractivity contribution >= 4 is 46.6 Å². The Morgan fingerprint density at radius 2 is 1.81 bits per heavy atom. The lowest BCUT2D eigenvalue weighted by Crippen LogP contribution is -2.32. The zero-order valence-corrected chi connectivity index (χ0v) is 16.2. The van der Waals surface area contributed by atoms with Gasteiger partial charge in [-0.25, -0.2) is 0 Å². The number of nitrogens with zero attached hydrogens (tertiary/aromatic N) is 1. The molecule has 0 aliphatic carbocycles. The second kappa shape index (κ2) is 8.61. The molecule has 1 saturated heterocycles. The lowest BCUT2D eigenvalue weighted by Gasteiger charge is -2.32. The highest BCUT2D eigenvalue weighted by Gasteiger charge is 2.18. The summed E-state index contributed by atoms with van der Waals surface area (Å²) in [7, 11) is 0. The van der Waals surface area contributed by atoms with Crippen LogP contribution in [0.2, 0.25) is 10.0 Å². The van der Waals surface area contributed by atoms with Gasteiger partial charge in [-0.15, -0.1) is 0 Å². The van der Waals surface area contributed by atoms with E-state index in [1.54, 1.807) is 18.2 Å². The normalized spacial score (nSPS) is 15.4. The smallest absolute Gasteiger partial charge is 0.248 e. The van der Waals surface area contributed by atoms with Crippen molar-refractivity contribution in [3.63, 3.8) is 0 Å². The Kier molecular flexibility index (Phi) is 6.23. The van der Waals surface area contributed by atoms with Crippen molar-refractivity contribution in [2.75, 3.05) is 23.3 Å². The Morgan fingerprint density at radius 1 is 1.12 bits per heavy atom. The van der Waals surface area contributed by atoms with E-state index in [0.717, 1.165) is 30.3 Å². The van der Waals surface area contributed by atoms with E-state index in [0.29, 0.717) is 15.7 Å². The Morgan fingerprint density at radius 3 is 2.46 bits per heavy atom. The maximum Gasteiger partial charge on any atom is 0.248 e. The molecule has 0 radical (unpaired) electrons. The summed E-state index contributed by atoms with van der Waals surface area (Å²) in [6.45, 7) is 4.34. The van der Waals surface area contributed by atoms with Gasteiger partial charge in [0.05, 0.1) is 10.7 Å². The van der Waals surface area contributed by atoms with Crippen molar-refractivity contribution in [1.82, 2.24) is 0 Å². The minimum absolute atomic E-state index is 0.199. The summed E-state index contributed by atoms with van der Waals surface area (Å²) in [6.07, 6.45) is 5.61. The third-order valence-corrected chi connectivity index (χ3v) is 5.19. The molecule has 5 heteroatoms. The molecule has 26 heavy (non-hydrogen) atoms. The number of hydrogen-bond acceptors (Lipinski definition) is 2. The third kappa shape index (κ3) is 5.03. The highest BCUT2D eigenvalue weighted by atomic mass is 35.5. The molecule has 2 aromatic carbocycles. The monoisotopic (exact) mass is 388 g/mol. The largest absolute Gasteiger partial charge is 0.370 e. The van der Waals surface area contributed by atoms with E-state index >= 15 is 0 Å². The Hall–Kier alpha value is -1.97. The molecule has 0 bridgehead atoms. The number of hydrogen-bond donors (Lipinski definition) is 1. The van der Waals surface area contributed by atoms with Crippen molar-refractivity contribution in [2.24, 2.45) is 5.92 Å². The van der Waals surface area contributed by atoms with Crippen LogP contribution in [0.4, 0.5) is 11.4 Å². The summed E-state index contributed by atoms with van der Waals surface area (Å²) in [5.74, 6) is 0.576. The standard InChI is InChI=1S/C21H22Cl2N2O/c1-15-10-12-25(13-11-15)20-8-7-18(14-19(20)23)24-21(26)9-4-16-2-5-17(22)6-3-16/h2-9,14-15H,10-13H2,1H3,(H,24,26)/b9-4+. The van der Waals surface area contributed by atoms with Gasteiger partial charge in [-0.3, -0.25) is 4.79 Å². The fourth-order valence-corrected chi connectivity index (χ4v) is 3.45. The van der Waals surface area contributed by atoms with E-state index in [9.17, 15) is 4.79 Å². The number of rotatable bonds is 4. The summed E-state index contributed by atoms with van der Waals surface area (Å²) >= 11 is 12.3. The van der Waals surface area contributed by atoms with Gasteiger partial charge in [-0.05, 0) is 60.7 Å². The van der Waals surface area contributed by atoms with Crippen LogP contribution in [0.15, 0.2) is 48.5 Å². The number of nitrogens with one attached hydrogen (secondary N) is 1. The molecule has 3 rings (SSSR count). The van der Waals surface area contributed by atoms with Crippen molar-refractivity contribution in [3.05, 3.63) is 64.1 Å². The average Bonchev–Trinajstić information content (AvgIpc) is 2.62. The summed E-state index contributed by atoms with van der Waals surface area (Å²) in [5.41, 5.74) is 2.64. The molecule has 3 nitrogen and oxygen atoms in total. The van der Waals surface area contributed by atoms with Gasteiger partial charge in [0.15, 0.2) is 0 Å². The van der Waals surface area contributed by atoms with Gasteiger partial charge in [0.2, 0.25) is 5.91 Å². The van der Waals surface area contributed by atoms with Gasteiger partial charge < -0.3 is 10.2 Å². The van der Waals surface area contributed by atoms with Crippen LogP contribution in [-0.4, -0.2) is 19.0 Å². The van der Waals surface area contributed by atoms with Crippen molar-refractivity contribution < 1.29 is 4.79 Å². The van der Waals surface area contributed by atoms with Crippen LogP contribution in [-0.2, 0) is 4.79 Å². The van der Waals surface area contributed by atoms with E-state index in [2.05, 4.69) is 17.1 Å². The number of anilines is 2. The number of benzene rings is 2. The van der Waals surface area contributed by atoms with E-state index in [-0.39, 0.29) is 5.91 Å². The van der Waals surface area contributed by atoms with Crippen LogP contribution in [0, 0.1) is 5.92 Å². The quantitative estimate of drug-likeness (QED) is 0.662. The molecular weight excluding hydrogens is 367 g/mol. The topological polar surface area (TPSA) is 32.3 Å². The Balaban J connectivity index is 1.62. The third-order valence-electron chi connectivity index (χ3n) is 4.64. The van der Waals surface area contributed by atoms with Gasteiger partial charge in [0.1, 0.15) is 0 Å². The molecule has 2 aromatic rings. The van der Waals surface area contributed by atoms with E-state index in [4.69, 9.17) is 23.2 Å². The first-order valence-corrected chi connectivity index (χ1v) is 9.56. The van der Waals surface area contributed by atoms with Crippen LogP contribution < -0.4 is 10.2 Å². The molecule has 1 N–H and O–H groups in total. The Bertz CT molecular complexity index is 794. The van der Waals surface area contributed by atoms with Crippen LogP contribution in [0.5, 0.6) is 0 Å². The predicted octanol–water partition coefficient (Wildman–Crippen LogP) is 5.88. The van der Waals surface area contributed by atoms with Crippen molar-refractivity contribution in [1.29, 1.82) is 0 Å². The second-order valence-corrected chi connectivity index (χ2v) is 7.55. The van der Waals surface area contributed by atoms with Crippen molar-refractivity contribution in [2.45, 2.75) is 19.8 Å². The maximum atomic E-state index is 12.1. The number of halogens is 2. The zero-order valence-electron chi connectivity index (χ0n) is 14.7. The molecular formula is C21H22Cl2N2O. The predicted molar refractivity (Wildman–Crippen MR) is 111 cm³/mol. The number of carbonyl (C=O) groups is 1. The average molecular weight is 389 g/mol. The molecule has 0 atom stereocenters. The molecule has 1 heterocycles. The molecule has 1 amide bonds. The van der Waals surface area contributed by atoms with Crippen LogP contribution in [0.1, 0.15) is 25.3 Å². The van der Waals surface area contributed by atoms with E-state index in [1.807, 2.05) is 30.3 Å². The lowest BCUT2D eigenvalue weighted by molar-refractivity contribution is -0.111. The number of amides is 1. The molecule has 0 unspecified atom stereocenters. The molecule has 1 aliphatic heterocycles. The first kappa shape index (κ1) is 18.8. The lowest BCUT2D eigenvalue weighted by atomic mass is 9.99. The number of carbonyl (C=O) groups excluding carboxylic acids is 1. The van der Waals surface area contributed by atoms with Gasteiger partial charge in [-0.1, -0.05) is 42.3 Å². The summed E-state index contributed by atoms with van der Waals surface area (Å²) in [5, 5.41) is 4.18. The van der Waals surface area contributed by atoms with Gasteiger partial charge >= 0.3 is 0 Å². The highest BCUT2D eigenvalue weighted by molar-refractivity contribution is 6.33. The molecule has 1 aliphatic rings. The molecule has 136 valence electrons. The first-order chi connectivity index (χ1) is 12.5. The van der Waals surface area contributed by atoms with Crippen molar-refractivity contribution in [3.8, 4) is 0 Å². The summed E-state index contributed by atoms with van der Waals surface area (Å²) < 4.78 is 0. The second-order valence-electron chi connectivity index (χ2n) is 6.71.